The summed E-state index contributed by atoms with van der Waals surface area (Å²) in [5.41, 5.74) is 6.51. The zero-order valence-corrected chi connectivity index (χ0v) is 16.4. The molecule has 0 atom stereocenters. The predicted octanol–water partition coefficient (Wildman–Crippen LogP) is 2.12. The van der Waals surface area contributed by atoms with Gasteiger partial charge in [0.05, 0.1) is 7.11 Å². The number of nitrogens with two attached hydrogens (primary N) is 1. The van der Waals surface area contributed by atoms with E-state index in [1.807, 2.05) is 24.4 Å². The van der Waals surface area contributed by atoms with Gasteiger partial charge in [0.25, 0.3) is 11.8 Å². The third kappa shape index (κ3) is 6.10. The highest BCUT2D eigenvalue weighted by atomic mass is 16.5. The van der Waals surface area contributed by atoms with Crippen molar-refractivity contribution in [1.29, 1.82) is 5.26 Å². The molecular weight excluding hydrogens is 388 g/mol. The van der Waals surface area contributed by atoms with Gasteiger partial charge in [-0.05, 0) is 31.2 Å². The van der Waals surface area contributed by atoms with Gasteiger partial charge in [0.15, 0.2) is 18.1 Å². The molecule has 0 aliphatic carbocycles. The van der Waals surface area contributed by atoms with Gasteiger partial charge < -0.3 is 20.5 Å². The Morgan fingerprint density at radius 1 is 1.17 bits per heavy atom. The van der Waals surface area contributed by atoms with Crippen LogP contribution < -0.4 is 25.8 Å². The number of imide groups is 1. The van der Waals surface area contributed by atoms with Crippen LogP contribution in [0.3, 0.4) is 0 Å². The van der Waals surface area contributed by atoms with Gasteiger partial charge >= 0.3 is 6.03 Å². The van der Waals surface area contributed by atoms with Crippen molar-refractivity contribution in [2.45, 2.75) is 6.92 Å². The molecule has 9 nitrogen and oxygen atoms in total. The summed E-state index contributed by atoms with van der Waals surface area (Å²) in [5.74, 6) is -0.930. The highest BCUT2D eigenvalue weighted by molar-refractivity contribution is 6.08. The number of nitriles is 1. The zero-order valence-electron chi connectivity index (χ0n) is 16.4. The van der Waals surface area contributed by atoms with E-state index in [2.05, 4.69) is 5.32 Å². The van der Waals surface area contributed by atoms with Crippen LogP contribution in [-0.4, -0.2) is 31.6 Å². The fourth-order valence-corrected chi connectivity index (χ4v) is 2.42. The highest BCUT2D eigenvalue weighted by Gasteiger charge is 2.16. The maximum Gasteiger partial charge on any atom is 0.319 e. The summed E-state index contributed by atoms with van der Waals surface area (Å²) in [5, 5.41) is 13.7. The van der Waals surface area contributed by atoms with Crippen molar-refractivity contribution in [3.8, 4) is 17.6 Å². The lowest BCUT2D eigenvalue weighted by atomic mass is 10.1. The molecule has 0 unspecified atom stereocenters. The Kier molecular flexibility index (Phi) is 7.53. The van der Waals surface area contributed by atoms with Crippen LogP contribution in [0.2, 0.25) is 0 Å². The molecule has 0 bridgehead atoms. The van der Waals surface area contributed by atoms with Crippen molar-refractivity contribution in [1.82, 2.24) is 5.32 Å². The number of urea groups is 1. The normalized spacial score (nSPS) is 10.5. The van der Waals surface area contributed by atoms with Crippen LogP contribution in [0.4, 0.5) is 10.5 Å². The number of carbonyl (C=O) groups excluding carboxylic acids is 3. The lowest BCUT2D eigenvalue weighted by Crippen LogP contribution is -2.35. The minimum atomic E-state index is -1.09. The molecule has 0 radical (unpaired) electrons. The number of nitrogens with zero attached hydrogens (tertiary/aromatic N) is 1. The number of nitrogens with one attached hydrogen (secondary N) is 2. The Morgan fingerprint density at radius 2 is 1.87 bits per heavy atom. The number of para-hydroxylation sites is 1. The van der Waals surface area contributed by atoms with Gasteiger partial charge in [-0.3, -0.25) is 14.9 Å². The predicted molar refractivity (Wildman–Crippen MR) is 110 cm³/mol. The molecule has 0 aromatic heterocycles. The first-order chi connectivity index (χ1) is 14.3. The SMILES string of the molecule is COc1cccc(/C=C(/C#N)C(=O)NC(N)=O)c1OCC(=O)Nc1ccc(C)cc1. The van der Waals surface area contributed by atoms with Crippen molar-refractivity contribution < 1.29 is 23.9 Å². The van der Waals surface area contributed by atoms with E-state index < -0.39 is 17.8 Å². The molecular formula is C21H20N4O5. The minimum absolute atomic E-state index is 0.152. The van der Waals surface area contributed by atoms with Gasteiger partial charge in [0, 0.05) is 11.3 Å². The van der Waals surface area contributed by atoms with Crippen LogP contribution in [0.25, 0.3) is 6.08 Å². The second kappa shape index (κ2) is 10.3. The molecule has 0 saturated heterocycles. The minimum Gasteiger partial charge on any atom is -0.493 e. The zero-order chi connectivity index (χ0) is 22.1. The molecule has 0 aliphatic rings. The van der Waals surface area contributed by atoms with E-state index in [1.54, 1.807) is 36.4 Å². The largest absolute Gasteiger partial charge is 0.493 e. The molecule has 2 aromatic carbocycles. The van der Waals surface area contributed by atoms with Gasteiger partial charge in [-0.15, -0.1) is 0 Å². The molecule has 0 spiro atoms. The van der Waals surface area contributed by atoms with Gasteiger partial charge in [-0.25, -0.2) is 4.79 Å². The fraction of sp³-hybridized carbons (Fsp3) is 0.143. The number of rotatable bonds is 7. The number of carbonyl (C=O) groups is 3. The first kappa shape index (κ1) is 22.0. The maximum absolute atomic E-state index is 12.2. The van der Waals surface area contributed by atoms with Crippen LogP contribution >= 0.6 is 0 Å². The van der Waals surface area contributed by atoms with Crippen LogP contribution in [0, 0.1) is 18.3 Å². The number of ether oxygens (including phenoxy) is 2. The Bertz CT molecular complexity index is 1020. The van der Waals surface area contributed by atoms with Crippen LogP contribution in [0.5, 0.6) is 11.5 Å². The molecule has 0 heterocycles. The average Bonchev–Trinajstić information content (AvgIpc) is 2.71. The number of amides is 4. The summed E-state index contributed by atoms with van der Waals surface area (Å²) in [6.07, 6.45) is 1.20. The molecule has 2 aromatic rings. The van der Waals surface area contributed by atoms with Crippen molar-refractivity contribution >= 4 is 29.6 Å². The molecule has 4 amide bonds. The van der Waals surface area contributed by atoms with E-state index in [1.165, 1.54) is 13.2 Å². The summed E-state index contributed by atoms with van der Waals surface area (Å²) in [4.78, 5) is 35.0. The Labute approximate surface area is 173 Å². The molecule has 4 N–H and O–H groups in total. The molecule has 0 aliphatic heterocycles. The fourth-order valence-electron chi connectivity index (χ4n) is 2.42. The van der Waals surface area contributed by atoms with E-state index in [4.69, 9.17) is 15.2 Å². The lowest BCUT2D eigenvalue weighted by Gasteiger charge is -2.14. The van der Waals surface area contributed by atoms with Gasteiger partial charge in [0.1, 0.15) is 11.6 Å². The summed E-state index contributed by atoms with van der Waals surface area (Å²) in [7, 11) is 1.41. The number of primary amides is 1. The number of benzene rings is 2. The number of hydrogen-bond acceptors (Lipinski definition) is 6. The average molecular weight is 408 g/mol. The van der Waals surface area contributed by atoms with E-state index in [0.717, 1.165) is 5.56 Å². The highest BCUT2D eigenvalue weighted by Crippen LogP contribution is 2.32. The third-order valence-electron chi connectivity index (χ3n) is 3.81. The lowest BCUT2D eigenvalue weighted by molar-refractivity contribution is -0.118. The molecule has 0 fully saturated rings. The van der Waals surface area contributed by atoms with Gasteiger partial charge in [-0.1, -0.05) is 29.8 Å². The van der Waals surface area contributed by atoms with E-state index in [-0.39, 0.29) is 17.9 Å². The van der Waals surface area contributed by atoms with Gasteiger partial charge in [0.2, 0.25) is 0 Å². The molecule has 154 valence electrons. The van der Waals surface area contributed by atoms with Crippen molar-refractivity contribution in [3.63, 3.8) is 0 Å². The Balaban J connectivity index is 2.22. The standard InChI is InChI=1S/C21H20N4O5/c1-13-6-8-16(9-7-13)24-18(26)12-30-19-14(4-3-5-17(19)29-2)10-15(11-22)20(27)25-21(23)28/h3-10H,12H2,1-2H3,(H,24,26)(H3,23,25,27,28)/b15-10-. The van der Waals surface area contributed by atoms with Crippen LogP contribution in [0.1, 0.15) is 11.1 Å². The van der Waals surface area contributed by atoms with Crippen LogP contribution in [0.15, 0.2) is 48.0 Å². The van der Waals surface area contributed by atoms with E-state index >= 15 is 0 Å². The van der Waals surface area contributed by atoms with Crippen molar-refractivity contribution in [2.24, 2.45) is 5.73 Å². The Morgan fingerprint density at radius 3 is 2.47 bits per heavy atom. The van der Waals surface area contributed by atoms with Gasteiger partial charge in [-0.2, -0.15) is 5.26 Å². The first-order valence-electron chi connectivity index (χ1n) is 8.73. The molecule has 9 heteroatoms. The monoisotopic (exact) mass is 408 g/mol. The summed E-state index contributed by atoms with van der Waals surface area (Å²) in [6, 6.07) is 12.6. The number of methoxy groups -OCH3 is 1. The summed E-state index contributed by atoms with van der Waals surface area (Å²) in [6.45, 7) is 1.59. The molecule has 0 saturated carbocycles. The molecule has 2 rings (SSSR count). The maximum atomic E-state index is 12.2. The number of aryl methyl sites for hydroxylation is 1. The van der Waals surface area contributed by atoms with Crippen LogP contribution in [-0.2, 0) is 9.59 Å². The Hall–Kier alpha value is -4.32. The van der Waals surface area contributed by atoms with E-state index in [0.29, 0.717) is 17.0 Å². The van der Waals surface area contributed by atoms with E-state index in [9.17, 15) is 19.6 Å². The van der Waals surface area contributed by atoms with Crippen molar-refractivity contribution in [2.75, 3.05) is 19.0 Å². The summed E-state index contributed by atoms with van der Waals surface area (Å²) < 4.78 is 10.9. The quantitative estimate of drug-likeness (QED) is 0.473. The molecule has 30 heavy (non-hydrogen) atoms. The second-order valence-corrected chi connectivity index (χ2v) is 6.07. The second-order valence-electron chi connectivity index (χ2n) is 6.07. The third-order valence-corrected chi connectivity index (χ3v) is 3.81. The number of anilines is 1. The topological polar surface area (TPSA) is 144 Å². The summed E-state index contributed by atoms with van der Waals surface area (Å²) >= 11 is 0. The van der Waals surface area contributed by atoms with Crippen molar-refractivity contribution in [3.05, 3.63) is 59.2 Å². The first-order valence-corrected chi connectivity index (χ1v) is 8.73. The smallest absolute Gasteiger partial charge is 0.319 e. The number of hydrogen-bond donors (Lipinski definition) is 3.